The van der Waals surface area contributed by atoms with Gasteiger partial charge in [-0.25, -0.2) is 0 Å². The largest absolute Gasteiger partial charge is 0.596 e. The molecule has 2 amide bonds. The summed E-state index contributed by atoms with van der Waals surface area (Å²) >= 11 is 0. The molecule has 0 aliphatic carbocycles. The Morgan fingerprint density at radius 3 is 1.38 bits per heavy atom. The minimum absolute atomic E-state index is 0. The van der Waals surface area contributed by atoms with Gasteiger partial charge in [0.15, 0.2) is 0 Å². The van der Waals surface area contributed by atoms with Gasteiger partial charge in [-0.1, -0.05) is 0 Å². The first kappa shape index (κ1) is 10.9. The molecular weight excluding hydrogens is 273 g/mol. The molecule has 0 rings (SSSR count). The van der Waals surface area contributed by atoms with Crippen LogP contribution >= 0.6 is 0 Å². The molecule has 0 fully saturated rings. The summed E-state index contributed by atoms with van der Waals surface area (Å²) < 4.78 is 0. The van der Waals surface area contributed by atoms with Crippen LogP contribution in [0.3, 0.4) is 0 Å². The van der Waals surface area contributed by atoms with E-state index in [0.717, 1.165) is 0 Å². The summed E-state index contributed by atoms with van der Waals surface area (Å²) in [7, 11) is 0. The van der Waals surface area contributed by atoms with Crippen LogP contribution in [0.2, 0.25) is 0 Å². The van der Waals surface area contributed by atoms with Crippen molar-refractivity contribution in [1.82, 2.24) is 0 Å². The molecule has 0 aromatic heterocycles. The summed E-state index contributed by atoms with van der Waals surface area (Å²) in [6.07, 6.45) is 0. The molecule has 0 atom stereocenters. The molecule has 0 bridgehead atoms. The molecule has 0 radical (unpaired) electrons. The van der Waals surface area contributed by atoms with E-state index in [1.165, 1.54) is 13.8 Å². The van der Waals surface area contributed by atoms with Crippen molar-refractivity contribution in [3.8, 4) is 0 Å². The maximum Gasteiger partial charge on any atom is 0.0533 e. The van der Waals surface area contributed by atoms with E-state index in [0.29, 0.717) is 0 Å². The molecule has 3 nitrogen and oxygen atoms in total. The predicted molar refractivity (Wildman–Crippen MR) is 24.7 cm³/mol. The Kier molecular flexibility index (Phi) is 7.02. The third-order valence-corrected chi connectivity index (χ3v) is 0.315. The van der Waals surface area contributed by atoms with E-state index in [1.807, 2.05) is 0 Å². The molecule has 0 saturated heterocycles. The van der Waals surface area contributed by atoms with Crippen LogP contribution in [0.1, 0.15) is 13.8 Å². The molecule has 0 aromatic carbocycles. The molecule has 0 N–H and O–H groups in total. The van der Waals surface area contributed by atoms with Gasteiger partial charge in [0.25, 0.3) is 0 Å². The summed E-state index contributed by atoms with van der Waals surface area (Å²) in [4.78, 5) is 19.7. The van der Waals surface area contributed by atoms with Crippen LogP contribution in [-0.4, -0.2) is 11.8 Å². The maximum absolute atomic E-state index is 9.87. The molecule has 0 saturated carbocycles. The van der Waals surface area contributed by atoms with E-state index in [9.17, 15) is 9.59 Å². The number of carbonyl (C=O) groups excluding carboxylic acids is 2. The molecule has 44 valence electrons. The summed E-state index contributed by atoms with van der Waals surface area (Å²) in [5.41, 5.74) is 0. The van der Waals surface area contributed by atoms with Crippen molar-refractivity contribution in [1.29, 1.82) is 0 Å². The zero-order valence-electron chi connectivity index (χ0n) is 4.76. The zero-order chi connectivity index (χ0) is 5.86. The fourth-order valence-electron chi connectivity index (χ4n) is 0.222. The summed E-state index contributed by atoms with van der Waals surface area (Å²) in [6.45, 7) is 2.47. The van der Waals surface area contributed by atoms with E-state index < -0.39 is 11.8 Å². The summed E-state index contributed by atoms with van der Waals surface area (Å²) in [5, 5.41) is 3.00. The number of nitrogens with zero attached hydrogens (tertiary/aromatic N) is 1. The Morgan fingerprint density at radius 2 is 1.38 bits per heavy atom. The van der Waals surface area contributed by atoms with E-state index in [1.54, 1.807) is 0 Å². The molecule has 0 aliphatic heterocycles. The van der Waals surface area contributed by atoms with Gasteiger partial charge in [-0.3, -0.25) is 0 Å². The summed E-state index contributed by atoms with van der Waals surface area (Å²) in [6, 6.07) is 0. The van der Waals surface area contributed by atoms with Gasteiger partial charge in [0, 0.05) is 25.8 Å². The second kappa shape index (κ2) is 5.15. The third kappa shape index (κ3) is 9.38. The van der Waals surface area contributed by atoms with E-state index in [4.69, 9.17) is 0 Å². The first-order chi connectivity index (χ1) is 3.13. The second-order valence-electron chi connectivity index (χ2n) is 1.15. The van der Waals surface area contributed by atoms with Gasteiger partial charge in [0.1, 0.15) is 0 Å². The van der Waals surface area contributed by atoms with Crippen LogP contribution in [0.4, 0.5) is 0 Å². The monoisotopic (exact) mass is 280 g/mol. The molecular formula is C4H6HfNO2-. The Labute approximate surface area is 66.6 Å². The predicted octanol–water partition coefficient (Wildman–Crippen LogP) is 0.451. The minimum atomic E-state index is -0.437. The maximum atomic E-state index is 9.87. The molecule has 8 heavy (non-hydrogen) atoms. The van der Waals surface area contributed by atoms with Crippen LogP contribution in [0.5, 0.6) is 0 Å². The normalized spacial score (nSPS) is 6.75. The second-order valence-corrected chi connectivity index (χ2v) is 1.15. The standard InChI is InChI=1S/C4H7NO2.Hf/c1-3(6)5-4(2)7;/h1-2H3,(H,5,6,7);/p-1. The molecule has 0 aliphatic rings. The van der Waals surface area contributed by atoms with Gasteiger partial charge in [0.2, 0.25) is 0 Å². The fraction of sp³-hybridized carbons (Fsp3) is 0.500. The van der Waals surface area contributed by atoms with Crippen LogP contribution in [0.25, 0.3) is 5.32 Å². The van der Waals surface area contributed by atoms with Crippen molar-refractivity contribution >= 4 is 11.8 Å². The van der Waals surface area contributed by atoms with E-state index in [-0.39, 0.29) is 25.8 Å². The number of hydrogen-bond donors (Lipinski definition) is 0. The number of imide groups is 1. The van der Waals surface area contributed by atoms with Crippen LogP contribution < -0.4 is 0 Å². The summed E-state index contributed by atoms with van der Waals surface area (Å²) in [5.74, 6) is -0.875. The molecule has 4 heteroatoms. The van der Waals surface area contributed by atoms with Gasteiger partial charge in [-0.05, 0) is 13.8 Å². The Morgan fingerprint density at radius 1 is 1.12 bits per heavy atom. The Bertz CT molecular complexity index is 90.2. The number of hydrogen-bond acceptors (Lipinski definition) is 2. The van der Waals surface area contributed by atoms with Crippen molar-refractivity contribution in [2.45, 2.75) is 13.8 Å². The third-order valence-electron chi connectivity index (χ3n) is 0.315. The Balaban J connectivity index is 0. The van der Waals surface area contributed by atoms with Crippen molar-refractivity contribution in [2.75, 3.05) is 0 Å². The first-order valence-corrected chi connectivity index (χ1v) is 1.86. The molecule has 0 heterocycles. The van der Waals surface area contributed by atoms with Crippen molar-refractivity contribution in [3.63, 3.8) is 0 Å². The topological polar surface area (TPSA) is 48.2 Å². The van der Waals surface area contributed by atoms with Gasteiger partial charge >= 0.3 is 0 Å². The minimum Gasteiger partial charge on any atom is -0.596 e. The van der Waals surface area contributed by atoms with Crippen molar-refractivity contribution in [2.24, 2.45) is 0 Å². The average molecular weight is 279 g/mol. The first-order valence-electron chi connectivity index (χ1n) is 1.86. The van der Waals surface area contributed by atoms with Gasteiger partial charge < -0.3 is 14.9 Å². The van der Waals surface area contributed by atoms with E-state index in [2.05, 4.69) is 5.32 Å². The number of amides is 2. The van der Waals surface area contributed by atoms with Gasteiger partial charge in [-0.15, -0.1) is 0 Å². The van der Waals surface area contributed by atoms with Gasteiger partial charge in [-0.2, -0.15) is 0 Å². The van der Waals surface area contributed by atoms with Crippen molar-refractivity contribution < 1.29 is 35.4 Å². The van der Waals surface area contributed by atoms with Gasteiger partial charge in [0.05, 0.1) is 11.8 Å². The fourth-order valence-corrected chi connectivity index (χ4v) is 0.222. The number of carbonyl (C=O) groups is 2. The molecule has 0 spiro atoms. The van der Waals surface area contributed by atoms with Crippen LogP contribution in [0.15, 0.2) is 0 Å². The SMILES string of the molecule is CC(=O)[N-]C(C)=O.[Hf]. The van der Waals surface area contributed by atoms with Crippen LogP contribution in [-0.2, 0) is 35.4 Å². The van der Waals surface area contributed by atoms with Crippen LogP contribution in [0, 0.1) is 0 Å². The van der Waals surface area contributed by atoms with E-state index >= 15 is 0 Å². The zero-order valence-corrected chi connectivity index (χ0v) is 8.36. The Hall–Kier alpha value is 0.0101. The quantitative estimate of drug-likeness (QED) is 0.604. The molecule has 0 aromatic rings. The average Bonchev–Trinajstić information content (AvgIpc) is 1.27. The van der Waals surface area contributed by atoms with Crippen molar-refractivity contribution in [3.05, 3.63) is 5.32 Å². The molecule has 0 unspecified atom stereocenters. The number of rotatable bonds is 0. The smallest absolute Gasteiger partial charge is 0.0533 e.